The number of amides is 2. The number of aromatic nitrogens is 1. The van der Waals surface area contributed by atoms with Gasteiger partial charge in [0.1, 0.15) is 5.75 Å². The monoisotopic (exact) mass is 540 g/mol. The maximum Gasteiger partial charge on any atom is 0.251 e. The van der Waals surface area contributed by atoms with Crippen molar-refractivity contribution in [1.82, 2.24) is 15.2 Å². The zero-order chi connectivity index (χ0) is 28.1. The molecule has 8 nitrogen and oxygen atoms in total. The van der Waals surface area contributed by atoms with Gasteiger partial charge in [0, 0.05) is 50.2 Å². The summed E-state index contributed by atoms with van der Waals surface area (Å²) in [7, 11) is 3.56. The molecule has 3 N–H and O–H groups in total. The van der Waals surface area contributed by atoms with Crippen molar-refractivity contribution in [2.24, 2.45) is 7.05 Å². The molecule has 1 aromatic heterocycles. The van der Waals surface area contributed by atoms with Gasteiger partial charge in [-0.1, -0.05) is 42.5 Å². The van der Waals surface area contributed by atoms with Crippen LogP contribution >= 0.6 is 0 Å². The number of rotatable bonds is 11. The highest BCUT2D eigenvalue weighted by atomic mass is 16.5. The van der Waals surface area contributed by atoms with Crippen molar-refractivity contribution in [2.45, 2.75) is 38.0 Å². The second kappa shape index (κ2) is 12.4. The van der Waals surface area contributed by atoms with Gasteiger partial charge in [0.25, 0.3) is 5.91 Å². The number of methoxy groups -OCH3 is 1. The van der Waals surface area contributed by atoms with Gasteiger partial charge in [-0.15, -0.1) is 0 Å². The van der Waals surface area contributed by atoms with Crippen LogP contribution in [0, 0.1) is 0 Å². The zero-order valence-electron chi connectivity index (χ0n) is 23.0. The summed E-state index contributed by atoms with van der Waals surface area (Å²) < 4.78 is 7.25. The van der Waals surface area contributed by atoms with E-state index >= 15 is 0 Å². The molecule has 208 valence electrons. The molecule has 0 unspecified atom stereocenters. The van der Waals surface area contributed by atoms with Crippen molar-refractivity contribution in [3.63, 3.8) is 0 Å². The normalized spacial score (nSPS) is 14.9. The second-order valence-electron chi connectivity index (χ2n) is 10.3. The van der Waals surface area contributed by atoms with Gasteiger partial charge in [-0.2, -0.15) is 0 Å². The van der Waals surface area contributed by atoms with Crippen molar-refractivity contribution in [1.29, 1.82) is 0 Å². The van der Waals surface area contributed by atoms with Gasteiger partial charge < -0.3 is 29.9 Å². The molecule has 0 spiro atoms. The van der Waals surface area contributed by atoms with Crippen LogP contribution in [0.1, 0.15) is 34.3 Å². The molecular weight excluding hydrogens is 504 g/mol. The van der Waals surface area contributed by atoms with Crippen LogP contribution in [0.15, 0.2) is 79.0 Å². The predicted octanol–water partition coefficient (Wildman–Crippen LogP) is 3.81. The van der Waals surface area contributed by atoms with E-state index in [-0.39, 0.29) is 11.8 Å². The van der Waals surface area contributed by atoms with E-state index in [0.717, 1.165) is 39.9 Å². The van der Waals surface area contributed by atoms with Crippen LogP contribution in [-0.4, -0.2) is 53.8 Å². The summed E-state index contributed by atoms with van der Waals surface area (Å²) in [5, 5.41) is 18.6. The van der Waals surface area contributed by atoms with Crippen molar-refractivity contribution < 1.29 is 19.4 Å². The van der Waals surface area contributed by atoms with E-state index in [1.165, 1.54) is 0 Å². The van der Waals surface area contributed by atoms with Crippen molar-refractivity contribution in [2.75, 3.05) is 25.1 Å². The lowest BCUT2D eigenvalue weighted by Gasteiger charge is -2.25. The van der Waals surface area contributed by atoms with Gasteiger partial charge in [0.05, 0.1) is 30.5 Å². The molecule has 0 saturated carbocycles. The van der Waals surface area contributed by atoms with Gasteiger partial charge in [0.15, 0.2) is 0 Å². The number of nitrogens with zero attached hydrogens (tertiary/aromatic N) is 2. The number of carbonyl (C=O) groups is 2. The first-order chi connectivity index (χ1) is 19.4. The molecule has 0 radical (unpaired) electrons. The Morgan fingerprint density at radius 2 is 1.85 bits per heavy atom. The molecule has 1 saturated heterocycles. The maximum atomic E-state index is 13.7. The number of anilines is 1. The van der Waals surface area contributed by atoms with E-state index < -0.39 is 12.1 Å². The van der Waals surface area contributed by atoms with Crippen LogP contribution in [0.25, 0.3) is 10.9 Å². The summed E-state index contributed by atoms with van der Waals surface area (Å²) >= 11 is 0. The summed E-state index contributed by atoms with van der Waals surface area (Å²) in [6.45, 7) is 1.49. The number of benzene rings is 3. The Morgan fingerprint density at radius 3 is 2.60 bits per heavy atom. The lowest BCUT2D eigenvalue weighted by Crippen LogP contribution is -2.48. The lowest BCUT2D eigenvalue weighted by atomic mass is 10.00. The zero-order valence-corrected chi connectivity index (χ0v) is 23.0. The van der Waals surface area contributed by atoms with Crippen LogP contribution in [0.5, 0.6) is 5.75 Å². The number of ether oxygens (including phenoxy) is 1. The fourth-order valence-corrected chi connectivity index (χ4v) is 5.30. The topological polar surface area (TPSA) is 95.8 Å². The Morgan fingerprint density at radius 1 is 1.05 bits per heavy atom. The quantitative estimate of drug-likeness (QED) is 0.269. The fraction of sp³-hybridized carbons (Fsp3) is 0.312. The molecule has 1 fully saturated rings. The number of nitrogens with one attached hydrogen (secondary N) is 2. The van der Waals surface area contributed by atoms with Crippen molar-refractivity contribution >= 4 is 28.4 Å². The molecule has 0 aliphatic carbocycles. The predicted molar refractivity (Wildman–Crippen MR) is 157 cm³/mol. The molecule has 4 aromatic rings. The fourth-order valence-electron chi connectivity index (χ4n) is 5.30. The molecule has 3 aromatic carbocycles. The van der Waals surface area contributed by atoms with E-state index in [2.05, 4.69) is 10.6 Å². The van der Waals surface area contributed by atoms with Gasteiger partial charge in [-0.25, -0.2) is 0 Å². The molecule has 2 amide bonds. The Labute approximate surface area is 234 Å². The van der Waals surface area contributed by atoms with Gasteiger partial charge in [-0.3, -0.25) is 9.59 Å². The molecule has 40 heavy (non-hydrogen) atoms. The number of hydrogen-bond acceptors (Lipinski definition) is 5. The van der Waals surface area contributed by atoms with E-state index in [4.69, 9.17) is 4.74 Å². The Balaban J connectivity index is 1.35. The van der Waals surface area contributed by atoms with Crippen LogP contribution in [0.3, 0.4) is 0 Å². The van der Waals surface area contributed by atoms with Crippen LogP contribution in [0.2, 0.25) is 0 Å². The lowest BCUT2D eigenvalue weighted by molar-refractivity contribution is -0.117. The molecular formula is C32H36N4O4. The number of aliphatic hydroxyl groups is 1. The molecule has 2 heterocycles. The SMILES string of the molecule is COc1cccc(CNC[C@@H](O)[C@H](Cc2ccccc2)NC(=O)c2cc(N3CCCC3=O)c3ccn(C)c3c2)c1. The van der Waals surface area contributed by atoms with Gasteiger partial charge in [-0.05, 0) is 54.3 Å². The molecule has 8 heteroatoms. The van der Waals surface area contributed by atoms with Gasteiger partial charge in [0.2, 0.25) is 5.91 Å². The number of hydrogen-bond donors (Lipinski definition) is 3. The Bertz CT molecular complexity index is 1480. The number of fused-ring (bicyclic) bond motifs is 1. The van der Waals surface area contributed by atoms with E-state index in [0.29, 0.717) is 38.0 Å². The first-order valence-electron chi connectivity index (χ1n) is 13.7. The molecule has 1 aliphatic heterocycles. The van der Waals surface area contributed by atoms with Crippen molar-refractivity contribution in [3.8, 4) is 5.75 Å². The second-order valence-corrected chi connectivity index (χ2v) is 10.3. The minimum atomic E-state index is -0.840. The maximum absolute atomic E-state index is 13.7. The number of aryl methyl sites for hydroxylation is 1. The highest BCUT2D eigenvalue weighted by Crippen LogP contribution is 2.32. The Hall–Kier alpha value is -4.14. The third-order valence-electron chi connectivity index (χ3n) is 7.50. The highest BCUT2D eigenvalue weighted by Gasteiger charge is 2.27. The number of aliphatic hydroxyl groups excluding tert-OH is 1. The first kappa shape index (κ1) is 27.4. The highest BCUT2D eigenvalue weighted by molar-refractivity contribution is 6.08. The smallest absolute Gasteiger partial charge is 0.251 e. The van der Waals surface area contributed by atoms with Crippen LogP contribution in [-0.2, 0) is 24.8 Å². The average Bonchev–Trinajstić information content (AvgIpc) is 3.57. The van der Waals surface area contributed by atoms with Gasteiger partial charge >= 0.3 is 0 Å². The van der Waals surface area contributed by atoms with Crippen molar-refractivity contribution in [3.05, 3.63) is 95.7 Å². The molecule has 1 aliphatic rings. The van der Waals surface area contributed by atoms with E-state index in [1.54, 1.807) is 18.1 Å². The molecule has 0 bridgehead atoms. The summed E-state index contributed by atoms with van der Waals surface area (Å²) in [6.07, 6.45) is 2.88. The third kappa shape index (κ3) is 6.19. The standard InChI is InChI=1S/C32H36N4O4/c1-35-15-13-26-28(35)18-24(19-29(26)36-14-7-12-31(36)38)32(39)34-27(17-22-8-4-3-5-9-22)30(37)21-33-20-23-10-6-11-25(16-23)40-2/h3-6,8-11,13,15-16,18-19,27,30,33,37H,7,12,14,17,20-21H2,1-2H3,(H,34,39)/t27-,30+/m0/s1. The molecule has 5 rings (SSSR count). The largest absolute Gasteiger partial charge is 0.497 e. The summed E-state index contributed by atoms with van der Waals surface area (Å²) in [5.41, 5.74) is 4.14. The first-order valence-corrected chi connectivity index (χ1v) is 13.7. The summed E-state index contributed by atoms with van der Waals surface area (Å²) in [5.74, 6) is 0.560. The minimum absolute atomic E-state index is 0.0715. The Kier molecular flexibility index (Phi) is 8.48. The molecule has 2 atom stereocenters. The number of carbonyl (C=O) groups excluding carboxylic acids is 2. The minimum Gasteiger partial charge on any atom is -0.497 e. The summed E-state index contributed by atoms with van der Waals surface area (Å²) in [6, 6.07) is 22.7. The van der Waals surface area contributed by atoms with E-state index in [1.807, 2.05) is 84.5 Å². The van der Waals surface area contributed by atoms with Crippen LogP contribution < -0.4 is 20.3 Å². The average molecular weight is 541 g/mol. The summed E-state index contributed by atoms with van der Waals surface area (Å²) in [4.78, 5) is 28.0. The third-order valence-corrected chi connectivity index (χ3v) is 7.50. The van der Waals surface area contributed by atoms with Crippen LogP contribution in [0.4, 0.5) is 5.69 Å². The van der Waals surface area contributed by atoms with E-state index in [9.17, 15) is 14.7 Å².